The van der Waals surface area contributed by atoms with Gasteiger partial charge in [-0.25, -0.2) is 0 Å². The molecule has 1 aliphatic heterocycles. The third-order valence-corrected chi connectivity index (χ3v) is 4.07. The zero-order valence-electron chi connectivity index (χ0n) is 11.1. The Bertz CT molecular complexity index is 642. The van der Waals surface area contributed by atoms with Crippen LogP contribution in [0.5, 0.6) is 0 Å². The van der Waals surface area contributed by atoms with E-state index in [1.165, 1.54) is 18.5 Å². The third kappa shape index (κ3) is 2.04. The first-order chi connectivity index (χ1) is 9.33. The second-order valence-corrected chi connectivity index (χ2v) is 5.15. The van der Waals surface area contributed by atoms with Crippen LogP contribution in [0.4, 0.5) is 5.69 Å². The maximum atomic E-state index is 9.17. The number of nitrogens with zero attached hydrogens (tertiary/aromatic N) is 3. The summed E-state index contributed by atoms with van der Waals surface area (Å²) in [5, 5.41) is 10.3. The maximum absolute atomic E-state index is 9.17. The Balaban J connectivity index is 2.08. The van der Waals surface area contributed by atoms with E-state index in [-0.39, 0.29) is 0 Å². The molecule has 3 rings (SSSR count). The number of fused-ring (bicyclic) bond motifs is 1. The molecule has 1 aliphatic rings. The first-order valence-corrected chi connectivity index (χ1v) is 6.86. The van der Waals surface area contributed by atoms with Gasteiger partial charge in [-0.1, -0.05) is 13.3 Å². The number of nitriles is 1. The van der Waals surface area contributed by atoms with E-state index in [9.17, 15) is 0 Å². The quantitative estimate of drug-likeness (QED) is 0.821. The summed E-state index contributed by atoms with van der Waals surface area (Å²) in [4.78, 5) is 6.80. The lowest BCUT2D eigenvalue weighted by atomic mass is 10.1. The van der Waals surface area contributed by atoms with Crippen LogP contribution in [-0.2, 0) is 0 Å². The van der Waals surface area contributed by atoms with Gasteiger partial charge in [0, 0.05) is 30.4 Å². The van der Waals surface area contributed by atoms with Gasteiger partial charge in [-0.2, -0.15) is 5.26 Å². The van der Waals surface area contributed by atoms with E-state index in [1.807, 2.05) is 12.1 Å². The summed E-state index contributed by atoms with van der Waals surface area (Å²) in [6.07, 6.45) is 4.26. The van der Waals surface area contributed by atoms with Crippen LogP contribution in [-0.4, -0.2) is 18.1 Å². The average molecular weight is 251 g/mol. The van der Waals surface area contributed by atoms with Gasteiger partial charge in [-0.15, -0.1) is 0 Å². The maximum Gasteiger partial charge on any atom is 0.101 e. The highest BCUT2D eigenvalue weighted by atomic mass is 15.2. The van der Waals surface area contributed by atoms with Crippen molar-refractivity contribution >= 4 is 16.6 Å². The lowest BCUT2D eigenvalue weighted by molar-refractivity contribution is 0.569. The zero-order valence-corrected chi connectivity index (χ0v) is 11.1. The molecule has 1 aromatic carbocycles. The molecule has 1 saturated heterocycles. The summed E-state index contributed by atoms with van der Waals surface area (Å²) in [6, 6.07) is 10.2. The van der Waals surface area contributed by atoms with Crippen LogP contribution in [0.3, 0.4) is 0 Å². The van der Waals surface area contributed by atoms with Gasteiger partial charge in [0.25, 0.3) is 0 Å². The number of hydrogen-bond donors (Lipinski definition) is 0. The third-order valence-electron chi connectivity index (χ3n) is 4.07. The lowest BCUT2D eigenvalue weighted by Crippen LogP contribution is -2.19. The average Bonchev–Trinajstić information content (AvgIpc) is 2.95. The molecule has 19 heavy (non-hydrogen) atoms. The SMILES string of the molecule is CC[C@H]1CCN(c2ccc(C#N)c3ncccc23)C1. The Labute approximate surface area is 113 Å². The predicted octanol–water partition coefficient (Wildman–Crippen LogP) is 3.34. The molecule has 0 saturated carbocycles. The molecule has 1 atom stereocenters. The number of anilines is 1. The summed E-state index contributed by atoms with van der Waals surface area (Å²) in [5.74, 6) is 0.794. The van der Waals surface area contributed by atoms with Gasteiger partial charge in [-0.05, 0) is 36.6 Å². The van der Waals surface area contributed by atoms with Crippen LogP contribution in [0.1, 0.15) is 25.3 Å². The molecule has 0 bridgehead atoms. The van der Waals surface area contributed by atoms with Crippen molar-refractivity contribution in [2.45, 2.75) is 19.8 Å². The summed E-state index contributed by atoms with van der Waals surface area (Å²) in [7, 11) is 0. The molecule has 0 spiro atoms. The van der Waals surface area contributed by atoms with E-state index in [4.69, 9.17) is 5.26 Å². The smallest absolute Gasteiger partial charge is 0.101 e. The Morgan fingerprint density at radius 1 is 1.42 bits per heavy atom. The molecule has 3 heteroatoms. The van der Waals surface area contributed by atoms with Gasteiger partial charge < -0.3 is 4.90 Å². The highest BCUT2D eigenvalue weighted by Gasteiger charge is 2.22. The summed E-state index contributed by atoms with van der Waals surface area (Å²) in [6.45, 7) is 4.48. The van der Waals surface area contributed by atoms with Crippen LogP contribution in [0.25, 0.3) is 10.9 Å². The largest absolute Gasteiger partial charge is 0.371 e. The van der Waals surface area contributed by atoms with Crippen LogP contribution in [0.2, 0.25) is 0 Å². The fraction of sp³-hybridized carbons (Fsp3) is 0.375. The molecule has 1 aromatic heterocycles. The minimum atomic E-state index is 0.658. The van der Waals surface area contributed by atoms with Gasteiger partial charge in [0.2, 0.25) is 0 Å². The van der Waals surface area contributed by atoms with Crippen molar-refractivity contribution in [1.82, 2.24) is 4.98 Å². The van der Waals surface area contributed by atoms with Crippen molar-refractivity contribution in [3.63, 3.8) is 0 Å². The van der Waals surface area contributed by atoms with Crippen LogP contribution in [0.15, 0.2) is 30.5 Å². The van der Waals surface area contributed by atoms with Crippen molar-refractivity contribution in [1.29, 1.82) is 5.26 Å². The number of rotatable bonds is 2. The zero-order chi connectivity index (χ0) is 13.2. The van der Waals surface area contributed by atoms with E-state index < -0.39 is 0 Å². The van der Waals surface area contributed by atoms with Crippen molar-refractivity contribution in [2.75, 3.05) is 18.0 Å². The van der Waals surface area contributed by atoms with E-state index in [0.29, 0.717) is 5.56 Å². The Hall–Kier alpha value is -2.08. The van der Waals surface area contributed by atoms with Gasteiger partial charge in [0.15, 0.2) is 0 Å². The van der Waals surface area contributed by atoms with Crippen LogP contribution in [0, 0.1) is 17.2 Å². The van der Waals surface area contributed by atoms with Crippen molar-refractivity contribution in [2.24, 2.45) is 5.92 Å². The van der Waals surface area contributed by atoms with Crippen molar-refractivity contribution < 1.29 is 0 Å². The molecule has 1 fully saturated rings. The molecule has 0 radical (unpaired) electrons. The molecular weight excluding hydrogens is 234 g/mol. The van der Waals surface area contributed by atoms with E-state index in [2.05, 4.69) is 35.0 Å². The van der Waals surface area contributed by atoms with Crippen molar-refractivity contribution in [3.05, 3.63) is 36.0 Å². The van der Waals surface area contributed by atoms with Crippen molar-refractivity contribution in [3.8, 4) is 6.07 Å². The number of aromatic nitrogens is 1. The number of hydrogen-bond acceptors (Lipinski definition) is 3. The standard InChI is InChI=1S/C16H17N3/c1-2-12-7-9-19(11-12)15-6-5-13(10-17)16-14(15)4-3-8-18-16/h3-6,8,12H,2,7,9,11H2,1H3/t12-/m0/s1. The van der Waals surface area contributed by atoms with Gasteiger partial charge in [-0.3, -0.25) is 4.98 Å². The number of benzene rings is 1. The Kier molecular flexibility index (Phi) is 3.08. The number of pyridine rings is 1. The monoisotopic (exact) mass is 251 g/mol. The highest BCUT2D eigenvalue weighted by Crippen LogP contribution is 2.32. The lowest BCUT2D eigenvalue weighted by Gasteiger charge is -2.20. The van der Waals surface area contributed by atoms with E-state index in [0.717, 1.165) is 29.9 Å². The molecule has 0 amide bonds. The Morgan fingerprint density at radius 3 is 3.05 bits per heavy atom. The van der Waals surface area contributed by atoms with Crippen LogP contribution >= 0.6 is 0 Å². The normalized spacial score (nSPS) is 18.7. The topological polar surface area (TPSA) is 39.9 Å². The first kappa shape index (κ1) is 12.0. The van der Waals surface area contributed by atoms with Gasteiger partial charge in [0.05, 0.1) is 11.1 Å². The second-order valence-electron chi connectivity index (χ2n) is 5.15. The highest BCUT2D eigenvalue weighted by molar-refractivity contribution is 5.95. The van der Waals surface area contributed by atoms with E-state index in [1.54, 1.807) is 6.20 Å². The minimum absolute atomic E-state index is 0.658. The second kappa shape index (κ2) is 4.89. The molecule has 96 valence electrons. The summed E-state index contributed by atoms with van der Waals surface area (Å²) < 4.78 is 0. The molecule has 0 aliphatic carbocycles. The minimum Gasteiger partial charge on any atom is -0.371 e. The molecule has 2 aromatic rings. The van der Waals surface area contributed by atoms with Gasteiger partial charge >= 0.3 is 0 Å². The van der Waals surface area contributed by atoms with Crippen LogP contribution < -0.4 is 4.90 Å². The van der Waals surface area contributed by atoms with E-state index >= 15 is 0 Å². The molecule has 0 N–H and O–H groups in total. The summed E-state index contributed by atoms with van der Waals surface area (Å²) in [5.41, 5.74) is 2.70. The van der Waals surface area contributed by atoms with Gasteiger partial charge in [0.1, 0.15) is 6.07 Å². The first-order valence-electron chi connectivity index (χ1n) is 6.86. The fourth-order valence-electron chi connectivity index (χ4n) is 2.91. The fourth-order valence-corrected chi connectivity index (χ4v) is 2.91. The molecule has 0 unspecified atom stereocenters. The Morgan fingerprint density at radius 2 is 2.32 bits per heavy atom. The predicted molar refractivity (Wildman–Crippen MR) is 77.1 cm³/mol. The molecule has 3 nitrogen and oxygen atoms in total. The summed E-state index contributed by atoms with van der Waals surface area (Å²) >= 11 is 0. The molecule has 2 heterocycles. The molecular formula is C16H17N3.